The molecule has 170 valence electrons. The molecule has 2 aromatic rings. The van der Waals surface area contributed by atoms with E-state index in [4.69, 9.17) is 22.0 Å². The van der Waals surface area contributed by atoms with E-state index in [1.54, 1.807) is 0 Å². The van der Waals surface area contributed by atoms with E-state index in [1.165, 1.54) is 19.3 Å². The lowest BCUT2D eigenvalue weighted by molar-refractivity contribution is -0.143. The highest BCUT2D eigenvalue weighted by atomic mass is 19.1. The average molecular weight is 444 g/mol. The van der Waals surface area contributed by atoms with Gasteiger partial charge in [-0.2, -0.15) is 0 Å². The van der Waals surface area contributed by atoms with Gasteiger partial charge < -0.3 is 16.6 Å². The van der Waals surface area contributed by atoms with E-state index in [1.807, 2.05) is 6.92 Å². The molecule has 32 heavy (non-hydrogen) atoms. The molecule has 10 heteroatoms. The van der Waals surface area contributed by atoms with Gasteiger partial charge in [0.05, 0.1) is 17.8 Å². The van der Waals surface area contributed by atoms with Crippen molar-refractivity contribution in [1.29, 1.82) is 5.41 Å². The lowest BCUT2D eigenvalue weighted by Gasteiger charge is -2.16. The van der Waals surface area contributed by atoms with Crippen molar-refractivity contribution in [3.63, 3.8) is 0 Å². The van der Waals surface area contributed by atoms with Crippen molar-refractivity contribution in [2.75, 3.05) is 11.5 Å². The number of aromatic nitrogens is 3. The van der Waals surface area contributed by atoms with E-state index in [9.17, 15) is 13.6 Å². The van der Waals surface area contributed by atoms with Crippen LogP contribution >= 0.6 is 0 Å². The van der Waals surface area contributed by atoms with Gasteiger partial charge in [-0.3, -0.25) is 10.2 Å². The second-order valence-electron chi connectivity index (χ2n) is 9.24. The highest BCUT2D eigenvalue weighted by molar-refractivity contribution is 6.11. The molecule has 0 saturated heterocycles. The van der Waals surface area contributed by atoms with Crippen LogP contribution in [0.3, 0.4) is 0 Å². The van der Waals surface area contributed by atoms with Gasteiger partial charge in [0.25, 0.3) is 0 Å². The SMILES string of the molecule is CC1(c2nc(C(=N)c3cc(F)cnc3N)nc(N)c2F)CC1.O=C(O)C1CC2CCC1C2. The van der Waals surface area contributed by atoms with E-state index >= 15 is 0 Å². The Kier molecular flexibility index (Phi) is 5.56. The number of nitrogens with two attached hydrogens (primary N) is 2. The average Bonchev–Trinajstić information content (AvgIpc) is 3.17. The minimum absolute atomic E-state index is 0.0127. The van der Waals surface area contributed by atoms with Crippen LogP contribution in [0.5, 0.6) is 0 Å². The first kappa shape index (κ1) is 22.0. The lowest BCUT2D eigenvalue weighted by atomic mass is 9.89. The fourth-order valence-electron chi connectivity index (χ4n) is 4.72. The number of hydrogen-bond acceptors (Lipinski definition) is 7. The van der Waals surface area contributed by atoms with E-state index in [0.29, 0.717) is 5.92 Å². The molecule has 3 aliphatic carbocycles. The number of pyridine rings is 1. The third-order valence-corrected chi connectivity index (χ3v) is 6.88. The molecule has 2 bridgehead atoms. The second kappa shape index (κ2) is 8.07. The van der Waals surface area contributed by atoms with Gasteiger partial charge in [-0.05, 0) is 50.0 Å². The summed E-state index contributed by atoms with van der Waals surface area (Å²) in [5.41, 5.74) is 10.8. The van der Waals surface area contributed by atoms with Gasteiger partial charge in [-0.15, -0.1) is 0 Å². The third-order valence-electron chi connectivity index (χ3n) is 6.88. The minimum atomic E-state index is -0.665. The van der Waals surface area contributed by atoms with Crippen LogP contribution in [0, 0.1) is 34.8 Å². The standard InChI is InChI=1S/C14H14F2N6.C8H12O2/c1-14(2-3-14)10-8(16)12(19)22-13(21-10)9(17)7-4-6(15)5-20-11(7)18;9-8(10)7-4-5-1-2-6(7)3-5/h4-5,17H,2-3H2,1H3,(H2,18,20)(H2,19,21,22);5-7H,1-4H2,(H,9,10). The van der Waals surface area contributed by atoms with Crippen LogP contribution in [0.2, 0.25) is 0 Å². The Bertz CT molecular complexity index is 1090. The molecular formula is C22H26F2N6O2. The van der Waals surface area contributed by atoms with Gasteiger partial charge in [-0.1, -0.05) is 13.3 Å². The van der Waals surface area contributed by atoms with Crippen molar-refractivity contribution in [3.8, 4) is 0 Å². The number of carbonyl (C=O) groups is 1. The summed E-state index contributed by atoms with van der Waals surface area (Å²) in [4.78, 5) is 22.1. The molecule has 8 nitrogen and oxygen atoms in total. The van der Waals surface area contributed by atoms with Crippen LogP contribution in [0.1, 0.15) is 62.5 Å². The largest absolute Gasteiger partial charge is 0.481 e. The molecule has 0 spiro atoms. The quantitative estimate of drug-likeness (QED) is 0.528. The molecule has 3 fully saturated rings. The van der Waals surface area contributed by atoms with E-state index in [2.05, 4.69) is 15.0 Å². The van der Waals surface area contributed by atoms with Gasteiger partial charge in [0.1, 0.15) is 17.3 Å². The fourth-order valence-corrected chi connectivity index (χ4v) is 4.72. The Morgan fingerprint density at radius 1 is 1.19 bits per heavy atom. The Balaban J connectivity index is 0.000000203. The summed E-state index contributed by atoms with van der Waals surface area (Å²) in [5, 5.41) is 16.8. The highest BCUT2D eigenvalue weighted by Crippen LogP contribution is 2.49. The number of nitrogens with one attached hydrogen (secondary N) is 1. The van der Waals surface area contributed by atoms with Crippen molar-refractivity contribution >= 4 is 23.3 Å². The zero-order valence-corrected chi connectivity index (χ0v) is 17.7. The summed E-state index contributed by atoms with van der Waals surface area (Å²) < 4.78 is 27.4. The van der Waals surface area contributed by atoms with Crippen molar-refractivity contribution in [3.05, 3.63) is 41.0 Å². The van der Waals surface area contributed by atoms with Crippen molar-refractivity contribution in [2.45, 2.75) is 50.9 Å². The number of anilines is 2. The normalized spacial score (nSPS) is 24.5. The van der Waals surface area contributed by atoms with Crippen LogP contribution in [-0.4, -0.2) is 31.7 Å². The summed E-state index contributed by atoms with van der Waals surface area (Å²) in [6, 6.07) is 1.06. The third kappa shape index (κ3) is 4.13. The molecule has 3 atom stereocenters. The molecule has 3 saturated carbocycles. The Morgan fingerprint density at radius 3 is 2.44 bits per heavy atom. The number of fused-ring (bicyclic) bond motifs is 2. The van der Waals surface area contributed by atoms with Crippen LogP contribution < -0.4 is 11.5 Å². The number of aliphatic carboxylic acids is 1. The van der Waals surface area contributed by atoms with Crippen LogP contribution in [0.25, 0.3) is 0 Å². The molecule has 5 rings (SSSR count). The number of carboxylic acids is 1. The highest BCUT2D eigenvalue weighted by Gasteiger charge is 2.44. The molecule has 3 unspecified atom stereocenters. The summed E-state index contributed by atoms with van der Waals surface area (Å²) >= 11 is 0. The fraction of sp³-hybridized carbons (Fsp3) is 0.500. The summed E-state index contributed by atoms with van der Waals surface area (Å²) in [5.74, 6) is -1.03. The second-order valence-corrected chi connectivity index (χ2v) is 9.24. The van der Waals surface area contributed by atoms with Crippen LogP contribution in [0.15, 0.2) is 12.3 Å². The molecule has 3 aliphatic rings. The number of carboxylic acid groups (broad SMARTS) is 1. The molecule has 0 amide bonds. The Hall–Kier alpha value is -3.17. The maximum absolute atomic E-state index is 14.1. The molecule has 6 N–H and O–H groups in total. The minimum Gasteiger partial charge on any atom is -0.481 e. The van der Waals surface area contributed by atoms with Crippen LogP contribution in [0.4, 0.5) is 20.4 Å². The van der Waals surface area contributed by atoms with E-state index in [-0.39, 0.29) is 45.8 Å². The van der Waals surface area contributed by atoms with Gasteiger partial charge >= 0.3 is 5.97 Å². The molecule has 2 aromatic heterocycles. The molecular weight excluding hydrogens is 418 g/mol. The zero-order chi connectivity index (χ0) is 23.2. The summed E-state index contributed by atoms with van der Waals surface area (Å²) in [6.45, 7) is 1.86. The van der Waals surface area contributed by atoms with Crippen molar-refractivity contribution in [2.24, 2.45) is 17.8 Å². The summed E-state index contributed by atoms with van der Waals surface area (Å²) in [6.07, 6.45) is 7.13. The monoisotopic (exact) mass is 444 g/mol. The predicted molar refractivity (Wildman–Crippen MR) is 114 cm³/mol. The smallest absolute Gasteiger partial charge is 0.306 e. The van der Waals surface area contributed by atoms with Gasteiger partial charge in [0.15, 0.2) is 17.5 Å². The number of nitrogen functional groups attached to an aromatic ring is 2. The van der Waals surface area contributed by atoms with E-state index < -0.39 is 17.6 Å². The van der Waals surface area contributed by atoms with Crippen LogP contribution in [-0.2, 0) is 10.2 Å². The van der Waals surface area contributed by atoms with Gasteiger partial charge in [0, 0.05) is 11.0 Å². The molecule has 0 aliphatic heterocycles. The first-order valence-electron chi connectivity index (χ1n) is 10.7. The maximum atomic E-state index is 14.1. The van der Waals surface area contributed by atoms with Gasteiger partial charge in [-0.25, -0.2) is 23.7 Å². The molecule has 0 aromatic carbocycles. The first-order chi connectivity index (χ1) is 15.1. The Labute approximate surface area is 184 Å². The zero-order valence-electron chi connectivity index (χ0n) is 17.7. The number of hydrogen-bond donors (Lipinski definition) is 4. The topological polar surface area (TPSA) is 152 Å². The summed E-state index contributed by atoms with van der Waals surface area (Å²) in [7, 11) is 0. The molecule has 2 heterocycles. The van der Waals surface area contributed by atoms with E-state index in [0.717, 1.165) is 37.4 Å². The first-order valence-corrected chi connectivity index (χ1v) is 10.7. The lowest BCUT2D eigenvalue weighted by Crippen LogP contribution is -2.19. The number of rotatable bonds is 4. The van der Waals surface area contributed by atoms with Crippen molar-refractivity contribution in [1.82, 2.24) is 15.0 Å². The number of halogens is 2. The maximum Gasteiger partial charge on any atom is 0.306 e. The number of nitrogens with zero attached hydrogens (tertiary/aromatic N) is 3. The Morgan fingerprint density at radius 2 is 1.91 bits per heavy atom. The predicted octanol–water partition coefficient (Wildman–Crippen LogP) is 3.29. The molecule has 0 radical (unpaired) electrons. The van der Waals surface area contributed by atoms with Gasteiger partial charge in [0.2, 0.25) is 0 Å². The van der Waals surface area contributed by atoms with Crippen molar-refractivity contribution < 1.29 is 18.7 Å².